The number of nitrogens with one attached hydrogen (secondary N) is 1. The van der Waals surface area contributed by atoms with Crippen molar-refractivity contribution < 1.29 is 13.9 Å². The summed E-state index contributed by atoms with van der Waals surface area (Å²) in [6.07, 6.45) is 3.98. The van der Waals surface area contributed by atoms with Crippen molar-refractivity contribution in [2.45, 2.75) is 33.1 Å². The van der Waals surface area contributed by atoms with Gasteiger partial charge in [0.15, 0.2) is 0 Å². The third kappa shape index (κ3) is 5.26. The second-order valence-electron chi connectivity index (χ2n) is 8.05. The van der Waals surface area contributed by atoms with E-state index in [1.807, 2.05) is 31.2 Å². The first kappa shape index (κ1) is 23.0. The van der Waals surface area contributed by atoms with Crippen molar-refractivity contribution in [3.63, 3.8) is 0 Å². The molecule has 6 nitrogen and oxygen atoms in total. The molecule has 0 spiro atoms. The summed E-state index contributed by atoms with van der Waals surface area (Å²) < 4.78 is 20.5. The van der Waals surface area contributed by atoms with Crippen LogP contribution in [0.3, 0.4) is 0 Å². The van der Waals surface area contributed by atoms with Gasteiger partial charge in [0.05, 0.1) is 16.8 Å². The molecule has 4 rings (SSSR count). The van der Waals surface area contributed by atoms with Gasteiger partial charge in [0.25, 0.3) is 5.91 Å². The zero-order valence-electron chi connectivity index (χ0n) is 19.2. The Morgan fingerprint density at radius 3 is 2.68 bits per heavy atom. The Hall–Kier alpha value is -4.13. The lowest BCUT2D eigenvalue weighted by Gasteiger charge is -2.12. The van der Waals surface area contributed by atoms with Gasteiger partial charge in [-0.3, -0.25) is 4.79 Å². The van der Waals surface area contributed by atoms with Crippen LogP contribution in [0.25, 0.3) is 11.3 Å². The summed E-state index contributed by atoms with van der Waals surface area (Å²) in [6, 6.07) is 16.9. The van der Waals surface area contributed by atoms with Gasteiger partial charge < -0.3 is 10.1 Å². The van der Waals surface area contributed by atoms with Crippen LogP contribution in [-0.2, 0) is 6.42 Å². The minimum absolute atomic E-state index is 0.125. The quantitative estimate of drug-likeness (QED) is 0.348. The first-order valence-corrected chi connectivity index (χ1v) is 11.1. The maximum Gasteiger partial charge on any atom is 0.258 e. The molecule has 0 atom stereocenters. The molecule has 0 saturated carbocycles. The zero-order chi connectivity index (χ0) is 24.1. The van der Waals surface area contributed by atoms with Gasteiger partial charge in [-0.15, -0.1) is 0 Å². The molecular weight excluding hydrogens is 431 g/mol. The van der Waals surface area contributed by atoms with E-state index in [-0.39, 0.29) is 11.3 Å². The molecule has 0 aliphatic heterocycles. The molecule has 0 aliphatic rings. The van der Waals surface area contributed by atoms with E-state index >= 15 is 0 Å². The number of benzene rings is 2. The number of aryl methyl sites for hydroxylation is 1. The van der Waals surface area contributed by atoms with Crippen LogP contribution < -0.4 is 10.1 Å². The number of carbonyl (C=O) groups is 1. The number of anilines is 1. The molecule has 7 heteroatoms. The van der Waals surface area contributed by atoms with Crippen molar-refractivity contribution in [1.29, 1.82) is 0 Å². The molecular formula is C27H25FN4O2. The van der Waals surface area contributed by atoms with E-state index in [2.05, 4.69) is 34.1 Å². The van der Waals surface area contributed by atoms with Crippen LogP contribution in [-0.4, -0.2) is 20.9 Å². The Balaban J connectivity index is 1.60. The van der Waals surface area contributed by atoms with E-state index in [0.717, 1.165) is 5.56 Å². The van der Waals surface area contributed by atoms with Crippen LogP contribution in [0.2, 0.25) is 0 Å². The van der Waals surface area contributed by atoms with Gasteiger partial charge in [-0.1, -0.05) is 32.9 Å². The predicted molar refractivity (Wildman–Crippen MR) is 130 cm³/mol. The topological polar surface area (TPSA) is 77.0 Å². The highest BCUT2D eigenvalue weighted by molar-refractivity contribution is 6.04. The average Bonchev–Trinajstić information content (AvgIpc) is 2.85. The number of carbonyl (C=O) groups excluding carboxylic acids is 1. The van der Waals surface area contributed by atoms with Crippen molar-refractivity contribution in [3.8, 4) is 22.9 Å². The molecule has 34 heavy (non-hydrogen) atoms. The van der Waals surface area contributed by atoms with Crippen LogP contribution in [0.5, 0.6) is 11.6 Å². The lowest BCUT2D eigenvalue weighted by molar-refractivity contribution is 0.102. The van der Waals surface area contributed by atoms with Gasteiger partial charge in [-0.2, -0.15) is 0 Å². The summed E-state index contributed by atoms with van der Waals surface area (Å²) in [5.41, 5.74) is 2.89. The molecule has 0 bridgehead atoms. The fourth-order valence-corrected chi connectivity index (χ4v) is 3.41. The fraction of sp³-hybridized carbons (Fsp3) is 0.185. The predicted octanol–water partition coefficient (Wildman–Crippen LogP) is 6.41. The standard InChI is InChI=1S/C27H25FN4O2/c1-4-25-29-14-12-24(32-25)21-9-6-13-30-27(21)34-20-10-11-23(28)22(16-20)26(33)31-19-8-5-7-18(15-19)17(2)3/h5-17H,4H2,1-3H3,(H,31,33). The lowest BCUT2D eigenvalue weighted by atomic mass is 10.0. The molecule has 2 heterocycles. The monoisotopic (exact) mass is 456 g/mol. The van der Waals surface area contributed by atoms with Crippen LogP contribution in [0.1, 0.15) is 48.4 Å². The minimum atomic E-state index is -0.644. The third-order valence-electron chi connectivity index (χ3n) is 5.28. The fourth-order valence-electron chi connectivity index (χ4n) is 3.41. The van der Waals surface area contributed by atoms with Crippen molar-refractivity contribution >= 4 is 11.6 Å². The number of amides is 1. The highest BCUT2D eigenvalue weighted by atomic mass is 19.1. The molecule has 172 valence electrons. The highest BCUT2D eigenvalue weighted by Crippen LogP contribution is 2.31. The summed E-state index contributed by atoms with van der Waals surface area (Å²) in [4.78, 5) is 25.9. The van der Waals surface area contributed by atoms with Crippen LogP contribution >= 0.6 is 0 Å². The Morgan fingerprint density at radius 2 is 1.88 bits per heavy atom. The summed E-state index contributed by atoms with van der Waals surface area (Å²) in [5.74, 6) is 0.386. The van der Waals surface area contributed by atoms with E-state index in [4.69, 9.17) is 4.74 Å². The van der Waals surface area contributed by atoms with Crippen LogP contribution in [0.15, 0.2) is 73.1 Å². The van der Waals surface area contributed by atoms with Crippen molar-refractivity contribution in [2.75, 3.05) is 5.32 Å². The Kier molecular flexibility index (Phi) is 6.92. The first-order valence-electron chi connectivity index (χ1n) is 11.1. The molecule has 4 aromatic rings. The Labute approximate surface area is 197 Å². The summed E-state index contributed by atoms with van der Waals surface area (Å²) in [5, 5.41) is 2.77. The maximum atomic E-state index is 14.5. The number of hydrogen-bond acceptors (Lipinski definition) is 5. The second kappa shape index (κ2) is 10.2. The maximum absolute atomic E-state index is 14.5. The van der Waals surface area contributed by atoms with Crippen molar-refractivity contribution in [2.24, 2.45) is 0 Å². The van der Waals surface area contributed by atoms with Crippen molar-refractivity contribution in [1.82, 2.24) is 15.0 Å². The van der Waals surface area contributed by atoms with Gasteiger partial charge in [0.1, 0.15) is 17.4 Å². The lowest BCUT2D eigenvalue weighted by Crippen LogP contribution is -2.14. The number of hydrogen-bond donors (Lipinski definition) is 1. The molecule has 0 fully saturated rings. The normalized spacial score (nSPS) is 10.9. The third-order valence-corrected chi connectivity index (χ3v) is 5.28. The van der Waals surface area contributed by atoms with Gasteiger partial charge in [0.2, 0.25) is 5.88 Å². The summed E-state index contributed by atoms with van der Waals surface area (Å²) >= 11 is 0. The molecule has 2 aromatic heterocycles. The highest BCUT2D eigenvalue weighted by Gasteiger charge is 2.16. The number of pyridine rings is 1. The molecule has 1 N–H and O–H groups in total. The minimum Gasteiger partial charge on any atom is -0.438 e. The molecule has 0 unspecified atom stereocenters. The van der Waals surface area contributed by atoms with Gasteiger partial charge in [-0.05, 0) is 60.0 Å². The summed E-state index contributed by atoms with van der Waals surface area (Å²) in [6.45, 7) is 6.11. The Bertz CT molecular complexity index is 1320. The smallest absolute Gasteiger partial charge is 0.258 e. The van der Waals surface area contributed by atoms with E-state index in [0.29, 0.717) is 41.0 Å². The zero-order valence-corrected chi connectivity index (χ0v) is 19.2. The second-order valence-corrected chi connectivity index (χ2v) is 8.05. The van der Waals surface area contributed by atoms with Gasteiger partial charge in [-0.25, -0.2) is 19.3 Å². The SMILES string of the molecule is CCc1nccc(-c2cccnc2Oc2ccc(F)c(C(=O)Nc3cccc(C(C)C)c3)c2)n1. The number of halogens is 1. The van der Waals surface area contributed by atoms with Crippen LogP contribution in [0.4, 0.5) is 10.1 Å². The van der Waals surface area contributed by atoms with Gasteiger partial charge >= 0.3 is 0 Å². The first-order chi connectivity index (χ1) is 16.4. The van der Waals surface area contributed by atoms with E-state index in [1.54, 1.807) is 30.6 Å². The number of aromatic nitrogens is 3. The number of nitrogens with zero attached hydrogens (tertiary/aromatic N) is 3. The average molecular weight is 457 g/mol. The van der Waals surface area contributed by atoms with E-state index in [9.17, 15) is 9.18 Å². The number of ether oxygens (including phenoxy) is 1. The number of rotatable bonds is 7. The largest absolute Gasteiger partial charge is 0.438 e. The van der Waals surface area contributed by atoms with Crippen LogP contribution in [0, 0.1) is 5.82 Å². The molecule has 2 aromatic carbocycles. The summed E-state index contributed by atoms with van der Waals surface area (Å²) in [7, 11) is 0. The molecule has 1 amide bonds. The Morgan fingerprint density at radius 1 is 1.03 bits per heavy atom. The van der Waals surface area contributed by atoms with Gasteiger partial charge in [0, 0.05) is 24.5 Å². The van der Waals surface area contributed by atoms with E-state index < -0.39 is 11.7 Å². The molecule has 0 radical (unpaired) electrons. The van der Waals surface area contributed by atoms with Crippen molar-refractivity contribution in [3.05, 3.63) is 95.8 Å². The van der Waals surface area contributed by atoms with E-state index in [1.165, 1.54) is 18.2 Å². The molecule has 0 aliphatic carbocycles. The molecule has 0 saturated heterocycles.